The van der Waals surface area contributed by atoms with E-state index in [1.165, 1.54) is 0 Å². The number of hydrogen-bond acceptors (Lipinski definition) is 3. The largest absolute Gasteiger partial charge is 0.384 e. The molecule has 1 fully saturated rings. The van der Waals surface area contributed by atoms with E-state index in [1.807, 2.05) is 0 Å². The first kappa shape index (κ1) is 10.6. The van der Waals surface area contributed by atoms with E-state index in [0.717, 1.165) is 5.57 Å². The topological polar surface area (TPSA) is 54.4 Å². The van der Waals surface area contributed by atoms with Gasteiger partial charge in [-0.3, -0.25) is 9.59 Å². The minimum Gasteiger partial charge on any atom is -0.384 e. The lowest BCUT2D eigenvalue weighted by Gasteiger charge is -2.42. The van der Waals surface area contributed by atoms with Crippen LogP contribution in [0.5, 0.6) is 0 Å². The van der Waals surface area contributed by atoms with Gasteiger partial charge in [0.1, 0.15) is 5.78 Å². The minimum absolute atomic E-state index is 0.0597. The van der Waals surface area contributed by atoms with Gasteiger partial charge >= 0.3 is 0 Å². The van der Waals surface area contributed by atoms with E-state index < -0.39 is 11.0 Å². The molecular weight excluding hydrogens is 192 g/mol. The minimum atomic E-state index is -1.08. The van der Waals surface area contributed by atoms with E-state index in [9.17, 15) is 14.7 Å². The van der Waals surface area contributed by atoms with Crippen LogP contribution in [0.4, 0.5) is 0 Å². The molecule has 15 heavy (non-hydrogen) atoms. The SMILES string of the molecule is CC1=C(C)[C@@]2(O)CCC(=O)C[C@@]2(C)C1=O. The van der Waals surface area contributed by atoms with Crippen molar-refractivity contribution in [2.45, 2.75) is 45.6 Å². The molecule has 0 unspecified atom stereocenters. The molecule has 2 atom stereocenters. The zero-order valence-corrected chi connectivity index (χ0v) is 9.39. The van der Waals surface area contributed by atoms with Crippen molar-refractivity contribution in [3.63, 3.8) is 0 Å². The van der Waals surface area contributed by atoms with Gasteiger partial charge in [0, 0.05) is 12.8 Å². The van der Waals surface area contributed by atoms with Gasteiger partial charge in [-0.1, -0.05) is 0 Å². The Balaban J connectivity index is 2.56. The Labute approximate surface area is 89.2 Å². The highest BCUT2D eigenvalue weighted by atomic mass is 16.3. The van der Waals surface area contributed by atoms with E-state index in [4.69, 9.17) is 0 Å². The van der Waals surface area contributed by atoms with Gasteiger partial charge < -0.3 is 5.11 Å². The summed E-state index contributed by atoms with van der Waals surface area (Å²) in [6.07, 6.45) is 0.943. The van der Waals surface area contributed by atoms with E-state index in [1.54, 1.807) is 20.8 Å². The summed E-state index contributed by atoms with van der Waals surface area (Å²) in [5.41, 5.74) is -0.601. The third-order valence-corrected chi connectivity index (χ3v) is 4.25. The number of ketones is 2. The molecule has 82 valence electrons. The molecule has 0 radical (unpaired) electrons. The summed E-state index contributed by atoms with van der Waals surface area (Å²) in [5, 5.41) is 10.6. The second kappa shape index (κ2) is 2.79. The first-order valence-corrected chi connectivity index (χ1v) is 5.30. The van der Waals surface area contributed by atoms with Crippen LogP contribution in [0.2, 0.25) is 0 Å². The lowest BCUT2D eigenvalue weighted by molar-refractivity contribution is -0.148. The molecular formula is C12H16O3. The molecule has 0 aromatic heterocycles. The van der Waals surface area contributed by atoms with Crippen LogP contribution >= 0.6 is 0 Å². The van der Waals surface area contributed by atoms with E-state index in [2.05, 4.69) is 0 Å². The highest BCUT2D eigenvalue weighted by Gasteiger charge is 2.61. The van der Waals surface area contributed by atoms with E-state index in [0.29, 0.717) is 18.4 Å². The van der Waals surface area contributed by atoms with Gasteiger partial charge in [0.25, 0.3) is 0 Å². The van der Waals surface area contributed by atoms with Crippen LogP contribution in [-0.2, 0) is 9.59 Å². The third-order valence-electron chi connectivity index (χ3n) is 4.25. The van der Waals surface area contributed by atoms with Crippen LogP contribution < -0.4 is 0 Å². The van der Waals surface area contributed by atoms with Crippen LogP contribution in [-0.4, -0.2) is 22.3 Å². The summed E-state index contributed by atoms with van der Waals surface area (Å²) in [6.45, 7) is 5.25. The van der Waals surface area contributed by atoms with E-state index in [-0.39, 0.29) is 18.0 Å². The lowest BCUT2D eigenvalue weighted by atomic mass is 9.63. The van der Waals surface area contributed by atoms with Gasteiger partial charge in [0.2, 0.25) is 0 Å². The highest BCUT2D eigenvalue weighted by Crippen LogP contribution is 2.54. The normalized spacial score (nSPS) is 41.1. The molecule has 0 amide bonds. The molecule has 2 aliphatic carbocycles. The predicted molar refractivity (Wildman–Crippen MR) is 55.3 cm³/mol. The maximum absolute atomic E-state index is 12.1. The summed E-state index contributed by atoms with van der Waals surface area (Å²) < 4.78 is 0. The average Bonchev–Trinajstić information content (AvgIpc) is 2.31. The molecule has 1 N–H and O–H groups in total. The van der Waals surface area contributed by atoms with Crippen molar-refractivity contribution >= 4 is 11.6 Å². The fourth-order valence-electron chi connectivity index (χ4n) is 2.99. The summed E-state index contributed by atoms with van der Waals surface area (Å²) in [5.74, 6) is 0.0218. The Morgan fingerprint density at radius 3 is 2.47 bits per heavy atom. The number of allylic oxidation sites excluding steroid dienone is 1. The quantitative estimate of drug-likeness (QED) is 0.654. The number of aliphatic hydroxyl groups is 1. The lowest BCUT2D eigenvalue weighted by Crippen LogP contribution is -2.52. The van der Waals surface area contributed by atoms with Crippen LogP contribution in [0.1, 0.15) is 40.0 Å². The zero-order valence-electron chi connectivity index (χ0n) is 9.39. The zero-order chi connectivity index (χ0) is 11.4. The van der Waals surface area contributed by atoms with Crippen LogP contribution in [0.3, 0.4) is 0 Å². The van der Waals surface area contributed by atoms with Gasteiger partial charge in [0.15, 0.2) is 5.78 Å². The standard InChI is InChI=1S/C12H16O3/c1-7-8(2)12(15)5-4-9(13)6-11(12,3)10(7)14/h15H,4-6H2,1-3H3/t11-,12-/m0/s1. The molecule has 0 heterocycles. The van der Waals surface area contributed by atoms with Gasteiger partial charge in [-0.25, -0.2) is 0 Å². The van der Waals surface area contributed by atoms with Crippen molar-refractivity contribution in [2.24, 2.45) is 5.41 Å². The Morgan fingerprint density at radius 1 is 1.27 bits per heavy atom. The fourth-order valence-corrected chi connectivity index (χ4v) is 2.99. The maximum Gasteiger partial charge on any atom is 0.168 e. The Hall–Kier alpha value is -0.960. The van der Waals surface area contributed by atoms with Gasteiger partial charge in [-0.05, 0) is 38.3 Å². The third kappa shape index (κ3) is 1.04. The summed E-state index contributed by atoms with van der Waals surface area (Å²) in [7, 11) is 0. The van der Waals surface area contributed by atoms with Crippen LogP contribution in [0.25, 0.3) is 0 Å². The number of fused-ring (bicyclic) bond motifs is 1. The second-order valence-electron chi connectivity index (χ2n) is 4.99. The molecule has 0 bridgehead atoms. The summed E-state index contributed by atoms with van der Waals surface area (Å²) >= 11 is 0. The molecule has 0 spiro atoms. The van der Waals surface area contributed by atoms with Crippen LogP contribution in [0.15, 0.2) is 11.1 Å². The highest BCUT2D eigenvalue weighted by molar-refractivity contribution is 6.07. The summed E-state index contributed by atoms with van der Waals surface area (Å²) in [6, 6.07) is 0. The van der Waals surface area contributed by atoms with Gasteiger partial charge in [0.05, 0.1) is 11.0 Å². The molecule has 2 rings (SSSR count). The Morgan fingerprint density at radius 2 is 1.87 bits per heavy atom. The van der Waals surface area contributed by atoms with Crippen molar-refractivity contribution in [3.8, 4) is 0 Å². The fraction of sp³-hybridized carbons (Fsp3) is 0.667. The Bertz CT molecular complexity index is 394. The van der Waals surface area contributed by atoms with Gasteiger partial charge in [-0.15, -0.1) is 0 Å². The first-order valence-electron chi connectivity index (χ1n) is 5.30. The number of carbonyl (C=O) groups is 2. The molecule has 0 aliphatic heterocycles. The van der Waals surface area contributed by atoms with Crippen molar-refractivity contribution in [1.82, 2.24) is 0 Å². The Kier molecular flexibility index (Phi) is 1.96. The monoisotopic (exact) mass is 208 g/mol. The number of rotatable bonds is 0. The van der Waals surface area contributed by atoms with Crippen molar-refractivity contribution < 1.29 is 14.7 Å². The molecule has 0 saturated heterocycles. The van der Waals surface area contributed by atoms with Crippen molar-refractivity contribution in [2.75, 3.05) is 0 Å². The summed E-state index contributed by atoms with van der Waals surface area (Å²) in [4.78, 5) is 23.5. The number of Topliss-reactive ketones (excluding diaryl/α,β-unsaturated/α-hetero) is 2. The molecule has 1 saturated carbocycles. The first-order chi connectivity index (χ1) is 6.83. The smallest absolute Gasteiger partial charge is 0.168 e. The number of carbonyl (C=O) groups excluding carboxylic acids is 2. The van der Waals surface area contributed by atoms with E-state index >= 15 is 0 Å². The number of hydrogen-bond donors (Lipinski definition) is 1. The molecule has 3 nitrogen and oxygen atoms in total. The molecule has 2 aliphatic rings. The van der Waals surface area contributed by atoms with Crippen LogP contribution in [0, 0.1) is 5.41 Å². The molecule has 3 heteroatoms. The molecule has 0 aromatic rings. The van der Waals surface area contributed by atoms with Crippen molar-refractivity contribution in [3.05, 3.63) is 11.1 Å². The van der Waals surface area contributed by atoms with Gasteiger partial charge in [-0.2, -0.15) is 0 Å². The maximum atomic E-state index is 12.1. The average molecular weight is 208 g/mol. The van der Waals surface area contributed by atoms with Crippen molar-refractivity contribution in [1.29, 1.82) is 0 Å². The predicted octanol–water partition coefficient (Wildman–Crippen LogP) is 1.40. The molecule has 0 aromatic carbocycles. The second-order valence-corrected chi connectivity index (χ2v) is 4.99.